The first-order valence-electron chi connectivity index (χ1n) is 9.89. The Kier molecular flexibility index (Phi) is 3.61. The average molecular weight is 368 g/mol. The van der Waals surface area contributed by atoms with Gasteiger partial charge in [-0.05, 0) is 43.7 Å². The van der Waals surface area contributed by atoms with Crippen LogP contribution in [0, 0.1) is 23.7 Å². The Morgan fingerprint density at radius 2 is 2.04 bits per heavy atom. The molecule has 0 aromatic heterocycles. The molecule has 4 aliphatic rings. The molecule has 2 saturated carbocycles. The number of ketones is 1. The molecule has 2 aliphatic heterocycles. The zero-order valence-electron chi connectivity index (χ0n) is 15.2. The van der Waals surface area contributed by atoms with E-state index in [1.54, 1.807) is 0 Å². The molecule has 1 spiro atoms. The van der Waals surface area contributed by atoms with Crippen molar-refractivity contribution in [2.24, 2.45) is 29.4 Å². The number of benzene rings is 1. The third-order valence-corrected chi connectivity index (χ3v) is 7.06. The van der Waals surface area contributed by atoms with Crippen molar-refractivity contribution in [2.75, 3.05) is 13.1 Å². The number of ether oxygens (including phenoxy) is 1. The van der Waals surface area contributed by atoms with Gasteiger partial charge in [-0.2, -0.15) is 0 Å². The SMILES string of the molecule is NC(=O)C1CCCN(C(=O)C2C3CCC4(CC(=O)c5ccccc5O4)C32)C1. The Labute approximate surface area is 158 Å². The fourth-order valence-electron chi connectivity index (χ4n) is 5.72. The van der Waals surface area contributed by atoms with Crippen LogP contribution in [0.3, 0.4) is 0 Å². The fourth-order valence-corrected chi connectivity index (χ4v) is 5.72. The number of carbonyl (C=O) groups excluding carboxylic acids is 3. The number of likely N-dealkylation sites (tertiary alicyclic amines) is 1. The number of primary amides is 1. The number of hydrogen-bond donors (Lipinski definition) is 1. The van der Waals surface area contributed by atoms with Crippen molar-refractivity contribution in [1.82, 2.24) is 4.90 Å². The molecule has 2 N–H and O–H groups in total. The van der Waals surface area contributed by atoms with Crippen LogP contribution in [-0.2, 0) is 9.59 Å². The molecule has 142 valence electrons. The van der Waals surface area contributed by atoms with Crippen molar-refractivity contribution in [1.29, 1.82) is 0 Å². The number of Topliss-reactive ketones (excluding diaryl/α,β-unsaturated/α-hetero) is 1. The third kappa shape index (κ3) is 2.49. The maximum atomic E-state index is 13.1. The van der Waals surface area contributed by atoms with Crippen molar-refractivity contribution in [3.8, 4) is 5.75 Å². The minimum atomic E-state index is -0.532. The Balaban J connectivity index is 1.35. The number of nitrogens with zero attached hydrogens (tertiary/aromatic N) is 1. The van der Waals surface area contributed by atoms with Crippen LogP contribution in [0.2, 0.25) is 0 Å². The molecule has 5 atom stereocenters. The first-order chi connectivity index (χ1) is 13.0. The molecule has 1 aromatic carbocycles. The van der Waals surface area contributed by atoms with Crippen LogP contribution in [0.15, 0.2) is 24.3 Å². The van der Waals surface area contributed by atoms with E-state index in [-0.39, 0.29) is 35.4 Å². The van der Waals surface area contributed by atoms with Gasteiger partial charge in [0.15, 0.2) is 5.78 Å². The van der Waals surface area contributed by atoms with Gasteiger partial charge in [0.2, 0.25) is 11.8 Å². The highest BCUT2D eigenvalue weighted by Crippen LogP contribution is 2.66. The fraction of sp³-hybridized carbons (Fsp3) is 0.571. The molecule has 0 bridgehead atoms. The van der Waals surface area contributed by atoms with Crippen LogP contribution >= 0.6 is 0 Å². The van der Waals surface area contributed by atoms with Crippen molar-refractivity contribution in [3.63, 3.8) is 0 Å². The molecular weight excluding hydrogens is 344 g/mol. The summed E-state index contributed by atoms with van der Waals surface area (Å²) in [4.78, 5) is 39.1. The van der Waals surface area contributed by atoms with Crippen molar-refractivity contribution < 1.29 is 19.1 Å². The van der Waals surface area contributed by atoms with E-state index in [9.17, 15) is 14.4 Å². The van der Waals surface area contributed by atoms with E-state index in [1.807, 2.05) is 29.2 Å². The Hall–Kier alpha value is -2.37. The van der Waals surface area contributed by atoms with Crippen LogP contribution < -0.4 is 10.5 Å². The van der Waals surface area contributed by atoms with Crippen molar-refractivity contribution in [3.05, 3.63) is 29.8 Å². The van der Waals surface area contributed by atoms with Crippen LogP contribution in [0.5, 0.6) is 5.75 Å². The van der Waals surface area contributed by atoms with Gasteiger partial charge in [-0.15, -0.1) is 0 Å². The van der Waals surface area contributed by atoms with Gasteiger partial charge in [-0.1, -0.05) is 12.1 Å². The molecular formula is C21H24N2O4. The highest BCUT2D eigenvalue weighted by atomic mass is 16.5. The number of nitrogens with two attached hydrogens (primary N) is 1. The summed E-state index contributed by atoms with van der Waals surface area (Å²) in [6.07, 6.45) is 3.68. The van der Waals surface area contributed by atoms with E-state index >= 15 is 0 Å². The van der Waals surface area contributed by atoms with E-state index in [4.69, 9.17) is 10.5 Å². The van der Waals surface area contributed by atoms with Crippen molar-refractivity contribution >= 4 is 17.6 Å². The van der Waals surface area contributed by atoms with Gasteiger partial charge in [-0.25, -0.2) is 0 Å². The summed E-state index contributed by atoms with van der Waals surface area (Å²) in [5, 5.41) is 0. The Bertz CT molecular complexity index is 837. The van der Waals surface area contributed by atoms with Gasteiger partial charge in [-0.3, -0.25) is 14.4 Å². The predicted octanol–water partition coefficient (Wildman–Crippen LogP) is 1.77. The molecule has 6 nitrogen and oxygen atoms in total. The highest BCUT2D eigenvalue weighted by Gasteiger charge is 2.71. The van der Waals surface area contributed by atoms with Crippen LogP contribution in [0.25, 0.3) is 0 Å². The number of carbonyl (C=O) groups is 3. The lowest BCUT2D eigenvalue weighted by atomic mass is 9.84. The van der Waals surface area contributed by atoms with E-state index in [2.05, 4.69) is 0 Å². The first kappa shape index (κ1) is 16.8. The quantitative estimate of drug-likeness (QED) is 0.861. The highest BCUT2D eigenvalue weighted by molar-refractivity contribution is 6.00. The topological polar surface area (TPSA) is 89.7 Å². The Morgan fingerprint density at radius 1 is 1.22 bits per heavy atom. The van der Waals surface area contributed by atoms with E-state index in [1.165, 1.54) is 0 Å². The molecule has 5 unspecified atom stereocenters. The number of hydrogen-bond acceptors (Lipinski definition) is 4. The maximum Gasteiger partial charge on any atom is 0.226 e. The molecule has 1 aromatic rings. The Morgan fingerprint density at radius 3 is 2.85 bits per heavy atom. The molecule has 2 aliphatic carbocycles. The molecule has 2 amide bonds. The standard InChI is InChI=1S/C21H24N2O4/c22-19(25)12-4-3-9-23(11-12)20(26)17-14-7-8-21(18(14)17)10-15(24)13-5-1-2-6-16(13)27-21/h1-2,5-6,12,14,17-18H,3-4,7-11H2,(H2,22,25). The summed E-state index contributed by atoms with van der Waals surface area (Å²) < 4.78 is 6.37. The van der Waals surface area contributed by atoms with Gasteiger partial charge < -0.3 is 15.4 Å². The first-order valence-corrected chi connectivity index (χ1v) is 9.89. The second-order valence-corrected chi connectivity index (χ2v) is 8.54. The summed E-state index contributed by atoms with van der Waals surface area (Å²) in [6.45, 7) is 1.12. The normalized spacial score (nSPS) is 36.7. The molecule has 5 rings (SSSR count). The van der Waals surface area contributed by atoms with Crippen molar-refractivity contribution in [2.45, 2.75) is 37.7 Å². The van der Waals surface area contributed by atoms with Gasteiger partial charge in [0.25, 0.3) is 0 Å². The molecule has 0 radical (unpaired) electrons. The van der Waals surface area contributed by atoms with Gasteiger partial charge in [0.05, 0.1) is 17.9 Å². The zero-order valence-corrected chi connectivity index (χ0v) is 15.2. The molecule has 1 saturated heterocycles. The summed E-state index contributed by atoms with van der Waals surface area (Å²) in [5.41, 5.74) is 5.57. The molecule has 6 heteroatoms. The summed E-state index contributed by atoms with van der Waals surface area (Å²) in [6, 6.07) is 7.39. The summed E-state index contributed by atoms with van der Waals surface area (Å²) >= 11 is 0. The smallest absolute Gasteiger partial charge is 0.226 e. The van der Waals surface area contributed by atoms with Crippen LogP contribution in [-0.4, -0.2) is 41.2 Å². The monoisotopic (exact) mass is 368 g/mol. The third-order valence-electron chi connectivity index (χ3n) is 7.06. The molecule has 27 heavy (non-hydrogen) atoms. The van der Waals surface area contributed by atoms with Gasteiger partial charge in [0, 0.05) is 24.9 Å². The average Bonchev–Trinajstić information content (AvgIpc) is 3.32. The minimum Gasteiger partial charge on any atom is -0.486 e. The summed E-state index contributed by atoms with van der Waals surface area (Å²) in [7, 11) is 0. The lowest BCUT2D eigenvalue weighted by molar-refractivity contribution is -0.137. The summed E-state index contributed by atoms with van der Waals surface area (Å²) in [5.74, 6) is 0.642. The van der Waals surface area contributed by atoms with E-state index < -0.39 is 5.60 Å². The van der Waals surface area contributed by atoms with Gasteiger partial charge in [0.1, 0.15) is 11.4 Å². The molecule has 2 heterocycles. The second-order valence-electron chi connectivity index (χ2n) is 8.54. The van der Waals surface area contributed by atoms with E-state index in [0.29, 0.717) is 36.7 Å². The number of rotatable bonds is 2. The van der Waals surface area contributed by atoms with E-state index in [0.717, 1.165) is 25.7 Å². The molecule has 3 fully saturated rings. The number of amides is 2. The largest absolute Gasteiger partial charge is 0.486 e. The number of fused-ring (bicyclic) bond motifs is 3. The van der Waals surface area contributed by atoms with Gasteiger partial charge >= 0.3 is 0 Å². The lowest BCUT2D eigenvalue weighted by Crippen LogP contribution is -2.47. The van der Waals surface area contributed by atoms with Crippen LogP contribution in [0.4, 0.5) is 0 Å². The number of piperidine rings is 1. The lowest BCUT2D eigenvalue weighted by Gasteiger charge is -2.38. The maximum absolute atomic E-state index is 13.1. The minimum absolute atomic E-state index is 0.0801. The predicted molar refractivity (Wildman–Crippen MR) is 97.0 cm³/mol. The second kappa shape index (κ2) is 5.81. The van der Waals surface area contributed by atoms with Crippen LogP contribution in [0.1, 0.15) is 42.5 Å². The number of para-hydroxylation sites is 1. The zero-order chi connectivity index (χ0) is 18.8.